The molecule has 1 aromatic rings. The Morgan fingerprint density at radius 1 is 1.19 bits per heavy atom. The molecular weight excluding hydrogens is 378 g/mol. The Kier molecular flexibility index (Phi) is 7.16. The predicted octanol–water partition coefficient (Wildman–Crippen LogP) is 3.72. The van der Waals surface area contributed by atoms with Crippen molar-refractivity contribution in [1.82, 2.24) is 4.90 Å². The van der Waals surface area contributed by atoms with Crippen molar-refractivity contribution in [2.24, 2.45) is 0 Å². The molecule has 5 nitrogen and oxygen atoms in total. The molecule has 2 atom stereocenters. The van der Waals surface area contributed by atoms with Gasteiger partial charge in [-0.25, -0.2) is 0 Å². The average Bonchev–Trinajstić information content (AvgIpc) is 2.60. The van der Waals surface area contributed by atoms with E-state index in [1.165, 1.54) is 4.90 Å². The van der Waals surface area contributed by atoms with E-state index in [4.69, 9.17) is 4.43 Å². The van der Waals surface area contributed by atoms with Crippen molar-refractivity contribution in [3.63, 3.8) is 0 Å². The monoisotopic (exact) mass is 409 g/mol. The minimum absolute atomic E-state index is 0.00610. The summed E-state index contributed by atoms with van der Waals surface area (Å²) in [6.07, 6.45) is 0.762. The topological polar surface area (TPSA) is 63.7 Å². The molecule has 0 saturated carbocycles. The highest BCUT2D eigenvalue weighted by Crippen LogP contribution is 2.38. The third kappa shape index (κ3) is 5.59. The smallest absolute Gasteiger partial charge is 0.257 e. The molecule has 0 N–H and O–H groups in total. The molecule has 0 spiro atoms. The van der Waals surface area contributed by atoms with Crippen LogP contribution in [-0.2, 0) is 24.8 Å². The first-order valence-electron chi connectivity index (χ1n) is 9.48. The lowest BCUT2D eigenvalue weighted by molar-refractivity contribution is -0.154. The Bertz CT molecular complexity index is 700. The minimum atomic E-state index is -2.09. The normalized spacial score (nSPS) is 20.0. The second-order valence-corrected chi connectivity index (χ2v) is 14.8. The van der Waals surface area contributed by atoms with Crippen molar-refractivity contribution in [2.75, 3.05) is 12.3 Å². The van der Waals surface area contributed by atoms with Gasteiger partial charge in [0, 0.05) is 23.6 Å². The van der Waals surface area contributed by atoms with Gasteiger partial charge in [0.2, 0.25) is 5.91 Å². The lowest BCUT2D eigenvalue weighted by Gasteiger charge is -2.41. The molecule has 7 heteroatoms. The molecule has 0 aromatic heterocycles. The molecule has 1 heterocycles. The highest BCUT2D eigenvalue weighted by molar-refractivity contribution is 7.85. The van der Waals surface area contributed by atoms with Crippen LogP contribution in [0.15, 0.2) is 35.2 Å². The van der Waals surface area contributed by atoms with Crippen molar-refractivity contribution < 1.29 is 18.2 Å². The van der Waals surface area contributed by atoms with Crippen LogP contribution in [0.3, 0.4) is 0 Å². The predicted molar refractivity (Wildman–Crippen MR) is 110 cm³/mol. The van der Waals surface area contributed by atoms with Crippen molar-refractivity contribution in [1.29, 1.82) is 0 Å². The molecule has 1 aliphatic heterocycles. The summed E-state index contributed by atoms with van der Waals surface area (Å²) in [5.41, 5.74) is 0. The molecule has 0 aliphatic carbocycles. The number of carbonyl (C=O) groups is 2. The van der Waals surface area contributed by atoms with Gasteiger partial charge < -0.3 is 4.43 Å². The molecule has 1 unspecified atom stereocenters. The molecule has 150 valence electrons. The van der Waals surface area contributed by atoms with E-state index in [1.54, 1.807) is 0 Å². The molecule has 2 amide bonds. The maximum absolute atomic E-state index is 12.8. The third-order valence-corrected chi connectivity index (χ3v) is 11.4. The van der Waals surface area contributed by atoms with Crippen LogP contribution in [-0.4, -0.2) is 47.6 Å². The van der Waals surface area contributed by atoms with Crippen LogP contribution in [0.2, 0.25) is 18.1 Å². The Hall–Kier alpha value is -1.31. The second kappa shape index (κ2) is 8.79. The zero-order valence-corrected chi connectivity index (χ0v) is 18.8. The zero-order valence-electron chi connectivity index (χ0n) is 17.0. The number of carbonyl (C=O) groups excluding carboxylic acids is 2. The lowest BCUT2D eigenvalue weighted by atomic mass is 10.1. The van der Waals surface area contributed by atoms with Crippen molar-refractivity contribution >= 4 is 30.9 Å². The summed E-state index contributed by atoms with van der Waals surface area (Å²) in [5.74, 6) is 0.0385. The van der Waals surface area contributed by atoms with Gasteiger partial charge in [-0.05, 0) is 43.1 Å². The number of piperidine rings is 1. The number of amides is 2. The van der Waals surface area contributed by atoms with Crippen LogP contribution in [0.25, 0.3) is 0 Å². The van der Waals surface area contributed by atoms with E-state index >= 15 is 0 Å². The van der Waals surface area contributed by atoms with E-state index in [1.807, 2.05) is 30.3 Å². The number of hydrogen-bond donors (Lipinski definition) is 0. The van der Waals surface area contributed by atoms with Gasteiger partial charge in [0.05, 0.1) is 10.8 Å². The summed E-state index contributed by atoms with van der Waals surface area (Å²) in [6, 6.07) is 9.25. The molecule has 1 saturated heterocycles. The highest BCUT2D eigenvalue weighted by atomic mass is 32.2. The largest absolute Gasteiger partial charge is 0.405 e. The maximum atomic E-state index is 12.8. The summed E-state index contributed by atoms with van der Waals surface area (Å²) in [7, 11) is -3.21. The maximum Gasteiger partial charge on any atom is 0.257 e. The quantitative estimate of drug-likeness (QED) is 0.508. The number of imide groups is 1. The van der Waals surface area contributed by atoms with Crippen LogP contribution in [0, 0.1) is 0 Å². The van der Waals surface area contributed by atoms with Crippen molar-refractivity contribution in [2.45, 2.75) is 69.2 Å². The van der Waals surface area contributed by atoms with Crippen LogP contribution in [0.1, 0.15) is 40.0 Å². The molecule has 0 radical (unpaired) electrons. The molecule has 1 aromatic carbocycles. The Balaban J connectivity index is 1.94. The first kappa shape index (κ1) is 22.0. The number of nitrogens with zero attached hydrogens (tertiary/aromatic N) is 1. The van der Waals surface area contributed by atoms with E-state index in [0.29, 0.717) is 31.6 Å². The van der Waals surface area contributed by atoms with Gasteiger partial charge in [-0.2, -0.15) is 0 Å². The van der Waals surface area contributed by atoms with Gasteiger partial charge in [0.15, 0.2) is 8.32 Å². The summed E-state index contributed by atoms with van der Waals surface area (Å²) >= 11 is 0. The van der Waals surface area contributed by atoms with Crippen LogP contribution in [0.4, 0.5) is 0 Å². The van der Waals surface area contributed by atoms with E-state index in [-0.39, 0.29) is 16.9 Å². The molecule has 1 aliphatic rings. The Morgan fingerprint density at radius 2 is 1.81 bits per heavy atom. The van der Waals surface area contributed by atoms with Gasteiger partial charge >= 0.3 is 0 Å². The van der Waals surface area contributed by atoms with Gasteiger partial charge in [-0.15, -0.1) is 0 Å². The molecule has 0 bridgehead atoms. The summed E-state index contributed by atoms with van der Waals surface area (Å²) in [6.45, 7) is 10.9. The SMILES string of the molecule is CC(C)(C)[Si](C)(C)O[C@H]1CCC(=O)N(CCCS(=O)c2ccccc2)C1=O. The lowest BCUT2D eigenvalue weighted by Crippen LogP contribution is -2.54. The fourth-order valence-electron chi connectivity index (χ4n) is 2.73. The average molecular weight is 410 g/mol. The van der Waals surface area contributed by atoms with Gasteiger partial charge in [-0.3, -0.25) is 18.7 Å². The number of benzene rings is 1. The molecular formula is C20H31NO4SSi. The first-order valence-corrected chi connectivity index (χ1v) is 13.7. The number of rotatable bonds is 7. The summed E-state index contributed by atoms with van der Waals surface area (Å²) in [4.78, 5) is 27.1. The van der Waals surface area contributed by atoms with E-state index in [2.05, 4.69) is 33.9 Å². The highest BCUT2D eigenvalue weighted by Gasteiger charge is 2.43. The fourth-order valence-corrected chi connectivity index (χ4v) is 5.10. The van der Waals surface area contributed by atoms with Crippen LogP contribution in [0.5, 0.6) is 0 Å². The van der Waals surface area contributed by atoms with Crippen LogP contribution < -0.4 is 0 Å². The zero-order chi connectivity index (χ0) is 20.2. The van der Waals surface area contributed by atoms with E-state index in [0.717, 1.165) is 4.90 Å². The standard InChI is InChI=1S/C20H31NO4SSi/c1-20(2,3)27(4,5)25-17-12-13-18(22)21(19(17)23)14-9-15-26(24)16-10-7-6-8-11-16/h6-8,10-11,17H,9,12-15H2,1-5H3/t17-,26?/m0/s1. The third-order valence-electron chi connectivity index (χ3n) is 5.42. The number of hydrogen-bond acceptors (Lipinski definition) is 4. The Morgan fingerprint density at radius 3 is 2.41 bits per heavy atom. The van der Waals surface area contributed by atoms with Crippen molar-refractivity contribution in [3.8, 4) is 0 Å². The molecule has 1 fully saturated rings. The summed E-state index contributed by atoms with van der Waals surface area (Å²) in [5, 5.41) is 0.00610. The van der Waals surface area contributed by atoms with Gasteiger partial charge in [0.1, 0.15) is 6.10 Å². The van der Waals surface area contributed by atoms with E-state index in [9.17, 15) is 13.8 Å². The molecule has 2 rings (SSSR count). The molecule has 27 heavy (non-hydrogen) atoms. The van der Waals surface area contributed by atoms with Gasteiger partial charge in [0.25, 0.3) is 5.91 Å². The summed E-state index contributed by atoms with van der Waals surface area (Å²) < 4.78 is 18.6. The van der Waals surface area contributed by atoms with Crippen LogP contribution >= 0.6 is 0 Å². The van der Waals surface area contributed by atoms with Gasteiger partial charge in [-0.1, -0.05) is 39.0 Å². The van der Waals surface area contributed by atoms with E-state index < -0.39 is 25.2 Å². The minimum Gasteiger partial charge on any atom is -0.405 e. The second-order valence-electron chi connectivity index (χ2n) is 8.51. The Labute approximate surface area is 166 Å². The first-order chi connectivity index (χ1) is 12.5. The van der Waals surface area contributed by atoms with Crippen molar-refractivity contribution in [3.05, 3.63) is 30.3 Å². The number of likely N-dealkylation sites (tertiary alicyclic amines) is 1. The fraction of sp³-hybridized carbons (Fsp3) is 0.600.